The van der Waals surface area contributed by atoms with Gasteiger partial charge >= 0.3 is 0 Å². The number of para-hydroxylation sites is 1. The van der Waals surface area contributed by atoms with Crippen LogP contribution in [-0.2, 0) is 0 Å². The molecule has 3 aromatic rings. The van der Waals surface area contributed by atoms with E-state index in [1.165, 1.54) is 0 Å². The van der Waals surface area contributed by atoms with E-state index in [1.807, 2.05) is 49.4 Å². The number of aryl methyl sites for hydroxylation is 1. The smallest absolute Gasteiger partial charge is 0.256 e. The predicted molar refractivity (Wildman–Crippen MR) is 108 cm³/mol. The molecule has 0 atom stereocenters. The first kappa shape index (κ1) is 17.9. The fourth-order valence-electron chi connectivity index (χ4n) is 2.55. The van der Waals surface area contributed by atoms with Crippen LogP contribution in [0.1, 0.15) is 26.3 Å². The van der Waals surface area contributed by atoms with E-state index < -0.39 is 0 Å². The number of anilines is 2. The third kappa shape index (κ3) is 4.00. The summed E-state index contributed by atoms with van der Waals surface area (Å²) in [5.74, 6) is -0.477. The maximum atomic E-state index is 12.6. The molecular formula is C21H17BrN2O2. The van der Waals surface area contributed by atoms with Crippen molar-refractivity contribution in [2.45, 2.75) is 6.92 Å². The maximum Gasteiger partial charge on any atom is 0.256 e. The van der Waals surface area contributed by atoms with E-state index in [0.29, 0.717) is 27.0 Å². The summed E-state index contributed by atoms with van der Waals surface area (Å²) in [5, 5.41) is 5.78. The highest BCUT2D eigenvalue weighted by Gasteiger charge is 2.15. The van der Waals surface area contributed by atoms with Crippen LogP contribution in [-0.4, -0.2) is 11.8 Å². The van der Waals surface area contributed by atoms with Crippen molar-refractivity contribution >= 4 is 39.1 Å². The van der Waals surface area contributed by atoms with Crippen molar-refractivity contribution in [2.75, 3.05) is 10.6 Å². The lowest BCUT2D eigenvalue weighted by Gasteiger charge is -2.15. The van der Waals surface area contributed by atoms with Gasteiger partial charge in [0, 0.05) is 10.0 Å². The van der Waals surface area contributed by atoms with Crippen molar-refractivity contribution in [3.8, 4) is 0 Å². The Bertz CT molecular complexity index is 955. The Morgan fingerprint density at radius 1 is 0.769 bits per heavy atom. The van der Waals surface area contributed by atoms with Gasteiger partial charge < -0.3 is 10.6 Å². The Balaban J connectivity index is 1.87. The number of carbonyl (C=O) groups is 2. The highest BCUT2D eigenvalue weighted by molar-refractivity contribution is 9.10. The van der Waals surface area contributed by atoms with Crippen LogP contribution in [0.15, 0.2) is 77.3 Å². The van der Waals surface area contributed by atoms with Gasteiger partial charge in [0.05, 0.1) is 16.9 Å². The molecule has 2 amide bonds. The van der Waals surface area contributed by atoms with Crippen LogP contribution in [0.5, 0.6) is 0 Å². The van der Waals surface area contributed by atoms with E-state index in [9.17, 15) is 9.59 Å². The molecule has 3 rings (SSSR count). The van der Waals surface area contributed by atoms with Crippen LogP contribution in [0.2, 0.25) is 0 Å². The average Bonchev–Trinajstić information content (AvgIpc) is 2.65. The summed E-state index contributed by atoms with van der Waals surface area (Å²) in [6.07, 6.45) is 0. The molecule has 4 nitrogen and oxygen atoms in total. The van der Waals surface area contributed by atoms with Crippen molar-refractivity contribution in [3.63, 3.8) is 0 Å². The minimum Gasteiger partial charge on any atom is -0.320 e. The molecule has 3 aromatic carbocycles. The minimum atomic E-state index is -0.252. The summed E-state index contributed by atoms with van der Waals surface area (Å²) in [6.45, 7) is 1.88. The zero-order chi connectivity index (χ0) is 18.5. The van der Waals surface area contributed by atoms with Gasteiger partial charge in [0.1, 0.15) is 0 Å². The standard InChI is InChI=1S/C21H17BrN2O2/c1-14-8-7-13-18(23-21(26)16-11-5-6-12-17(16)22)19(14)24-20(25)15-9-3-2-4-10-15/h2-13H,1H3,(H,23,26)(H,24,25). The SMILES string of the molecule is Cc1cccc(NC(=O)c2ccccc2Br)c1NC(=O)c1ccccc1. The molecule has 0 heterocycles. The third-order valence-corrected chi connectivity index (χ3v) is 4.61. The van der Waals surface area contributed by atoms with Crippen LogP contribution < -0.4 is 10.6 Å². The van der Waals surface area contributed by atoms with Gasteiger partial charge in [-0.25, -0.2) is 0 Å². The summed E-state index contributed by atoms with van der Waals surface area (Å²) >= 11 is 3.38. The minimum absolute atomic E-state index is 0.226. The summed E-state index contributed by atoms with van der Waals surface area (Å²) in [4.78, 5) is 25.1. The van der Waals surface area contributed by atoms with E-state index in [-0.39, 0.29) is 11.8 Å². The number of hydrogen-bond acceptors (Lipinski definition) is 2. The second-order valence-electron chi connectivity index (χ2n) is 5.75. The molecule has 2 N–H and O–H groups in total. The number of halogens is 1. The lowest BCUT2D eigenvalue weighted by atomic mass is 10.1. The number of amides is 2. The van der Waals surface area contributed by atoms with E-state index in [1.54, 1.807) is 30.3 Å². The van der Waals surface area contributed by atoms with Crippen LogP contribution in [0.3, 0.4) is 0 Å². The van der Waals surface area contributed by atoms with Gasteiger partial charge in [-0.05, 0) is 58.7 Å². The third-order valence-electron chi connectivity index (χ3n) is 3.91. The van der Waals surface area contributed by atoms with Gasteiger partial charge in [-0.15, -0.1) is 0 Å². The van der Waals surface area contributed by atoms with Crippen LogP contribution in [0, 0.1) is 6.92 Å². The molecule has 0 aliphatic rings. The molecule has 0 bridgehead atoms. The summed E-state index contributed by atoms with van der Waals surface area (Å²) in [5.41, 5.74) is 3.07. The molecule has 0 radical (unpaired) electrons. The summed E-state index contributed by atoms with van der Waals surface area (Å²) in [7, 11) is 0. The van der Waals surface area contributed by atoms with Gasteiger partial charge in [0.2, 0.25) is 0 Å². The monoisotopic (exact) mass is 408 g/mol. The highest BCUT2D eigenvalue weighted by Crippen LogP contribution is 2.27. The van der Waals surface area contributed by atoms with Crippen molar-refractivity contribution in [1.29, 1.82) is 0 Å². The summed E-state index contributed by atoms with van der Waals surface area (Å²) in [6, 6.07) is 21.6. The number of carbonyl (C=O) groups excluding carboxylic acids is 2. The first-order valence-corrected chi connectivity index (χ1v) is 8.87. The first-order chi connectivity index (χ1) is 12.6. The lowest BCUT2D eigenvalue weighted by Crippen LogP contribution is -2.17. The Labute approximate surface area is 160 Å². The Kier molecular flexibility index (Phi) is 5.49. The Hall–Kier alpha value is -2.92. The largest absolute Gasteiger partial charge is 0.320 e. The Morgan fingerprint density at radius 3 is 2.19 bits per heavy atom. The van der Waals surface area contributed by atoms with Crippen LogP contribution in [0.4, 0.5) is 11.4 Å². The van der Waals surface area contributed by atoms with Gasteiger partial charge in [-0.3, -0.25) is 9.59 Å². The van der Waals surface area contributed by atoms with Gasteiger partial charge in [0.15, 0.2) is 0 Å². The van der Waals surface area contributed by atoms with E-state index in [0.717, 1.165) is 5.56 Å². The van der Waals surface area contributed by atoms with Crippen LogP contribution in [0.25, 0.3) is 0 Å². The Morgan fingerprint density at radius 2 is 1.46 bits per heavy atom. The molecule has 0 unspecified atom stereocenters. The molecule has 0 spiro atoms. The molecule has 0 saturated carbocycles. The highest BCUT2D eigenvalue weighted by atomic mass is 79.9. The molecule has 0 aromatic heterocycles. The molecule has 0 fully saturated rings. The topological polar surface area (TPSA) is 58.2 Å². The average molecular weight is 409 g/mol. The molecule has 130 valence electrons. The van der Waals surface area contributed by atoms with Gasteiger partial charge in [0.25, 0.3) is 11.8 Å². The maximum absolute atomic E-state index is 12.6. The normalized spacial score (nSPS) is 10.2. The first-order valence-electron chi connectivity index (χ1n) is 8.08. The summed E-state index contributed by atoms with van der Waals surface area (Å²) < 4.78 is 0.708. The zero-order valence-corrected chi connectivity index (χ0v) is 15.7. The second kappa shape index (κ2) is 7.97. The molecule has 0 aliphatic heterocycles. The number of benzene rings is 3. The lowest BCUT2D eigenvalue weighted by molar-refractivity contribution is 0.101. The number of rotatable bonds is 4. The van der Waals surface area contributed by atoms with Crippen molar-refractivity contribution in [3.05, 3.63) is 94.0 Å². The molecular weight excluding hydrogens is 392 g/mol. The fraction of sp³-hybridized carbons (Fsp3) is 0.0476. The predicted octanol–water partition coefficient (Wildman–Crippen LogP) is 5.26. The molecule has 0 aliphatic carbocycles. The van der Waals surface area contributed by atoms with E-state index in [2.05, 4.69) is 26.6 Å². The molecule has 5 heteroatoms. The van der Waals surface area contributed by atoms with Gasteiger partial charge in [-0.2, -0.15) is 0 Å². The van der Waals surface area contributed by atoms with Crippen molar-refractivity contribution < 1.29 is 9.59 Å². The van der Waals surface area contributed by atoms with Crippen molar-refractivity contribution in [1.82, 2.24) is 0 Å². The second-order valence-corrected chi connectivity index (χ2v) is 6.61. The fourth-order valence-corrected chi connectivity index (χ4v) is 3.01. The van der Waals surface area contributed by atoms with Gasteiger partial charge in [-0.1, -0.05) is 42.5 Å². The van der Waals surface area contributed by atoms with Crippen LogP contribution >= 0.6 is 15.9 Å². The number of nitrogens with one attached hydrogen (secondary N) is 2. The van der Waals surface area contributed by atoms with Crippen molar-refractivity contribution in [2.24, 2.45) is 0 Å². The number of hydrogen-bond donors (Lipinski definition) is 2. The van der Waals surface area contributed by atoms with E-state index in [4.69, 9.17) is 0 Å². The quantitative estimate of drug-likeness (QED) is 0.618. The van der Waals surface area contributed by atoms with E-state index >= 15 is 0 Å². The zero-order valence-electron chi connectivity index (χ0n) is 14.1. The molecule has 26 heavy (non-hydrogen) atoms. The molecule has 0 saturated heterocycles.